The lowest BCUT2D eigenvalue weighted by molar-refractivity contribution is -0.121. The molecule has 2 N–H and O–H groups in total. The van der Waals surface area contributed by atoms with Gasteiger partial charge in [0.2, 0.25) is 15.9 Å². The Bertz CT molecular complexity index is 1150. The number of rotatable bonds is 8. The molecule has 3 aromatic carbocycles. The SMILES string of the molecule is Cc1ccc(S(=O)(=O)N[C@H](CC(=O)N/N=C\c2ccc(Br)cc2)c2ccccc2)cc1. The largest absolute Gasteiger partial charge is 0.273 e. The summed E-state index contributed by atoms with van der Waals surface area (Å²) in [5.41, 5.74) is 4.93. The van der Waals surface area contributed by atoms with Gasteiger partial charge in [0, 0.05) is 10.9 Å². The normalized spacial score (nSPS) is 12.6. The van der Waals surface area contributed by atoms with Crippen molar-refractivity contribution in [1.82, 2.24) is 10.1 Å². The van der Waals surface area contributed by atoms with Crippen molar-refractivity contribution in [2.24, 2.45) is 5.10 Å². The average molecular weight is 500 g/mol. The molecule has 8 heteroatoms. The Labute approximate surface area is 190 Å². The summed E-state index contributed by atoms with van der Waals surface area (Å²) in [5.74, 6) is -0.408. The number of aryl methyl sites for hydroxylation is 1. The summed E-state index contributed by atoms with van der Waals surface area (Å²) in [6.45, 7) is 1.88. The van der Waals surface area contributed by atoms with E-state index in [-0.39, 0.29) is 11.3 Å². The highest BCUT2D eigenvalue weighted by Gasteiger charge is 2.23. The molecule has 3 aromatic rings. The highest BCUT2D eigenvalue weighted by molar-refractivity contribution is 9.10. The minimum Gasteiger partial charge on any atom is -0.273 e. The molecule has 0 spiro atoms. The topological polar surface area (TPSA) is 87.6 Å². The van der Waals surface area contributed by atoms with Gasteiger partial charge in [-0.2, -0.15) is 5.10 Å². The van der Waals surface area contributed by atoms with Crippen LogP contribution in [0.25, 0.3) is 0 Å². The fourth-order valence-electron chi connectivity index (χ4n) is 2.84. The molecule has 31 heavy (non-hydrogen) atoms. The molecule has 0 saturated heterocycles. The Morgan fingerprint density at radius 1 is 1.00 bits per heavy atom. The summed E-state index contributed by atoms with van der Waals surface area (Å²) in [6, 6.07) is 22.2. The Morgan fingerprint density at radius 2 is 1.65 bits per heavy atom. The number of nitrogens with one attached hydrogen (secondary N) is 2. The number of carbonyl (C=O) groups is 1. The fraction of sp³-hybridized carbons (Fsp3) is 0.130. The monoisotopic (exact) mass is 499 g/mol. The van der Waals surface area contributed by atoms with Crippen molar-refractivity contribution in [2.45, 2.75) is 24.3 Å². The van der Waals surface area contributed by atoms with Crippen LogP contribution in [0.3, 0.4) is 0 Å². The molecule has 0 aliphatic heterocycles. The second-order valence-electron chi connectivity index (χ2n) is 6.95. The van der Waals surface area contributed by atoms with Crippen LogP contribution >= 0.6 is 15.9 Å². The zero-order chi connectivity index (χ0) is 22.3. The van der Waals surface area contributed by atoms with E-state index >= 15 is 0 Å². The molecule has 0 bridgehead atoms. The summed E-state index contributed by atoms with van der Waals surface area (Å²) in [5, 5.41) is 3.97. The van der Waals surface area contributed by atoms with Crippen LogP contribution in [-0.2, 0) is 14.8 Å². The first-order valence-electron chi connectivity index (χ1n) is 9.55. The molecule has 0 heterocycles. The zero-order valence-electron chi connectivity index (χ0n) is 16.8. The van der Waals surface area contributed by atoms with Gasteiger partial charge in [0.1, 0.15) is 0 Å². The van der Waals surface area contributed by atoms with E-state index in [9.17, 15) is 13.2 Å². The first-order valence-corrected chi connectivity index (χ1v) is 11.8. The van der Waals surface area contributed by atoms with Crippen molar-refractivity contribution < 1.29 is 13.2 Å². The maximum Gasteiger partial charge on any atom is 0.242 e. The van der Waals surface area contributed by atoms with E-state index < -0.39 is 22.0 Å². The Hall–Kier alpha value is -2.81. The fourth-order valence-corrected chi connectivity index (χ4v) is 4.33. The smallest absolute Gasteiger partial charge is 0.242 e. The quantitative estimate of drug-likeness (QED) is 0.357. The lowest BCUT2D eigenvalue weighted by Crippen LogP contribution is -2.32. The van der Waals surface area contributed by atoms with Crippen molar-refractivity contribution in [2.75, 3.05) is 0 Å². The lowest BCUT2D eigenvalue weighted by atomic mass is 10.0. The van der Waals surface area contributed by atoms with Crippen LogP contribution in [0.1, 0.15) is 29.2 Å². The van der Waals surface area contributed by atoms with Crippen molar-refractivity contribution in [1.29, 1.82) is 0 Å². The summed E-state index contributed by atoms with van der Waals surface area (Å²) in [6.07, 6.45) is 1.42. The van der Waals surface area contributed by atoms with Crippen LogP contribution in [0.2, 0.25) is 0 Å². The average Bonchev–Trinajstić information content (AvgIpc) is 2.75. The van der Waals surface area contributed by atoms with Crippen LogP contribution < -0.4 is 10.1 Å². The Balaban J connectivity index is 1.72. The summed E-state index contributed by atoms with van der Waals surface area (Å²) in [4.78, 5) is 12.6. The molecule has 0 aliphatic rings. The van der Waals surface area contributed by atoms with Crippen molar-refractivity contribution in [3.63, 3.8) is 0 Å². The van der Waals surface area contributed by atoms with E-state index in [4.69, 9.17) is 0 Å². The van der Waals surface area contributed by atoms with Gasteiger partial charge < -0.3 is 0 Å². The molecule has 0 unspecified atom stereocenters. The van der Waals surface area contributed by atoms with Gasteiger partial charge in [-0.1, -0.05) is 76.1 Å². The molecule has 0 aliphatic carbocycles. The van der Waals surface area contributed by atoms with Gasteiger partial charge in [-0.05, 0) is 42.3 Å². The molecule has 1 amide bonds. The predicted octanol–water partition coefficient (Wildman–Crippen LogP) is 4.32. The minimum absolute atomic E-state index is 0.104. The number of halogens is 1. The van der Waals surface area contributed by atoms with E-state index in [2.05, 4.69) is 31.2 Å². The molecule has 0 aromatic heterocycles. The maximum absolute atomic E-state index is 12.9. The minimum atomic E-state index is -3.81. The molecular formula is C23H22BrN3O3S. The second kappa shape index (κ2) is 10.5. The van der Waals surface area contributed by atoms with Crippen molar-refractivity contribution in [3.05, 3.63) is 100 Å². The van der Waals surface area contributed by atoms with Gasteiger partial charge in [-0.15, -0.1) is 0 Å². The van der Waals surface area contributed by atoms with Gasteiger partial charge in [-0.25, -0.2) is 18.6 Å². The van der Waals surface area contributed by atoms with Gasteiger partial charge >= 0.3 is 0 Å². The molecule has 160 valence electrons. The van der Waals surface area contributed by atoms with E-state index in [1.807, 2.05) is 37.3 Å². The second-order valence-corrected chi connectivity index (χ2v) is 9.58. The van der Waals surface area contributed by atoms with Crippen LogP contribution in [0.15, 0.2) is 93.3 Å². The van der Waals surface area contributed by atoms with E-state index in [1.165, 1.54) is 6.21 Å². The standard InChI is InChI=1S/C23H22BrN3O3S/c1-17-7-13-21(14-8-17)31(29,30)27-22(19-5-3-2-4-6-19)15-23(28)26-25-16-18-9-11-20(24)12-10-18/h2-14,16,22,27H,15H2,1H3,(H,26,28)/b25-16-/t22-/m1/s1. The number of benzene rings is 3. The molecule has 3 rings (SSSR count). The maximum atomic E-state index is 12.9. The number of carbonyl (C=O) groups excluding carboxylic acids is 1. The van der Waals surface area contributed by atoms with Crippen LogP contribution in [0.4, 0.5) is 0 Å². The van der Waals surface area contributed by atoms with Gasteiger partial charge in [0.05, 0.1) is 17.2 Å². The van der Waals surface area contributed by atoms with Crippen molar-refractivity contribution in [3.8, 4) is 0 Å². The first-order chi connectivity index (χ1) is 14.8. The summed E-state index contributed by atoms with van der Waals surface area (Å²) < 4.78 is 29.3. The Morgan fingerprint density at radius 3 is 2.29 bits per heavy atom. The number of sulfonamides is 1. The predicted molar refractivity (Wildman–Crippen MR) is 125 cm³/mol. The number of nitrogens with zero attached hydrogens (tertiary/aromatic N) is 1. The van der Waals surface area contributed by atoms with Crippen LogP contribution in [0.5, 0.6) is 0 Å². The van der Waals surface area contributed by atoms with E-state index in [0.717, 1.165) is 15.6 Å². The number of amides is 1. The van der Waals surface area contributed by atoms with Crippen LogP contribution in [0, 0.1) is 6.92 Å². The third-order valence-electron chi connectivity index (χ3n) is 4.49. The summed E-state index contributed by atoms with van der Waals surface area (Å²) >= 11 is 3.36. The van der Waals surface area contributed by atoms with Gasteiger partial charge in [0.15, 0.2) is 0 Å². The van der Waals surface area contributed by atoms with E-state index in [1.54, 1.807) is 48.5 Å². The molecule has 1 atom stereocenters. The number of hydrogen-bond donors (Lipinski definition) is 2. The number of hydrogen-bond acceptors (Lipinski definition) is 4. The highest BCUT2D eigenvalue weighted by atomic mass is 79.9. The van der Waals surface area contributed by atoms with Crippen molar-refractivity contribution >= 4 is 38.1 Å². The third kappa shape index (κ3) is 6.85. The molecule has 0 fully saturated rings. The number of hydrazone groups is 1. The summed E-state index contributed by atoms with van der Waals surface area (Å²) in [7, 11) is -3.81. The molecule has 6 nitrogen and oxygen atoms in total. The molecular weight excluding hydrogens is 478 g/mol. The zero-order valence-corrected chi connectivity index (χ0v) is 19.2. The highest BCUT2D eigenvalue weighted by Crippen LogP contribution is 2.21. The van der Waals surface area contributed by atoms with E-state index in [0.29, 0.717) is 5.56 Å². The first kappa shape index (κ1) is 22.9. The lowest BCUT2D eigenvalue weighted by Gasteiger charge is -2.18. The third-order valence-corrected chi connectivity index (χ3v) is 6.51. The Kier molecular flexibility index (Phi) is 7.73. The molecule has 0 radical (unpaired) electrons. The van der Waals surface area contributed by atoms with Gasteiger partial charge in [0.25, 0.3) is 0 Å². The van der Waals surface area contributed by atoms with Gasteiger partial charge in [-0.3, -0.25) is 4.79 Å². The molecule has 0 saturated carbocycles. The van der Waals surface area contributed by atoms with Crippen LogP contribution in [-0.4, -0.2) is 20.5 Å².